The number of amides is 1. The Hall–Kier alpha value is -3.15. The number of halogens is 4. The second-order valence-electron chi connectivity index (χ2n) is 8.08. The minimum absolute atomic E-state index is 0.00838. The van der Waals surface area contributed by atoms with E-state index in [1.165, 1.54) is 6.21 Å². The summed E-state index contributed by atoms with van der Waals surface area (Å²) in [6.45, 7) is 2.60. The molecule has 3 aromatic carbocycles. The quantitative estimate of drug-likeness (QED) is 0.0897. The van der Waals surface area contributed by atoms with Crippen molar-refractivity contribution >= 4 is 70.3 Å². The molecule has 0 bridgehead atoms. The van der Waals surface area contributed by atoms with Crippen LogP contribution in [0.3, 0.4) is 0 Å². The fourth-order valence-electron chi connectivity index (χ4n) is 3.21. The van der Waals surface area contributed by atoms with Crippen LogP contribution in [0.2, 0.25) is 20.1 Å². The third-order valence-electron chi connectivity index (χ3n) is 5.07. The highest BCUT2D eigenvalue weighted by Gasteiger charge is 2.12. The molecule has 0 saturated heterocycles. The first kappa shape index (κ1) is 30.8. The molecule has 0 aliphatic heterocycles. The summed E-state index contributed by atoms with van der Waals surface area (Å²) in [5.74, 6) is 1.39. The second kappa shape index (κ2) is 15.2. The molecule has 214 valence electrons. The van der Waals surface area contributed by atoms with E-state index in [9.17, 15) is 4.79 Å². The first-order valence-electron chi connectivity index (χ1n) is 12.0. The van der Waals surface area contributed by atoms with Gasteiger partial charge in [-0.1, -0.05) is 64.2 Å². The summed E-state index contributed by atoms with van der Waals surface area (Å²) in [6.07, 6.45) is 1.50. The maximum atomic E-state index is 12.2. The molecular formula is C27H22Cl4N4O5S. The largest absolute Gasteiger partial charge is 0.490 e. The summed E-state index contributed by atoms with van der Waals surface area (Å²) in [7, 11) is 0. The zero-order chi connectivity index (χ0) is 29.2. The van der Waals surface area contributed by atoms with Crippen molar-refractivity contribution < 1.29 is 23.4 Å². The highest BCUT2D eigenvalue weighted by atomic mass is 35.5. The van der Waals surface area contributed by atoms with Crippen LogP contribution in [-0.4, -0.2) is 34.7 Å². The molecule has 0 spiro atoms. The van der Waals surface area contributed by atoms with Gasteiger partial charge in [0.1, 0.15) is 12.4 Å². The molecule has 4 rings (SSSR count). The molecule has 0 saturated carbocycles. The number of ether oxygens (including phenoxy) is 3. The number of hydrogen-bond acceptors (Lipinski definition) is 9. The van der Waals surface area contributed by atoms with E-state index >= 15 is 0 Å². The zero-order valence-corrected chi connectivity index (χ0v) is 25.2. The monoisotopic (exact) mass is 654 g/mol. The Morgan fingerprint density at radius 2 is 1.71 bits per heavy atom. The van der Waals surface area contributed by atoms with E-state index in [1.807, 2.05) is 13.0 Å². The molecule has 0 radical (unpaired) electrons. The van der Waals surface area contributed by atoms with Gasteiger partial charge in [-0.15, -0.1) is 10.2 Å². The van der Waals surface area contributed by atoms with Gasteiger partial charge >= 0.3 is 0 Å². The summed E-state index contributed by atoms with van der Waals surface area (Å²) < 4.78 is 22.7. The summed E-state index contributed by atoms with van der Waals surface area (Å²) in [5, 5.41) is 13.8. The van der Waals surface area contributed by atoms with Crippen molar-refractivity contribution in [3.05, 3.63) is 91.7 Å². The van der Waals surface area contributed by atoms with Gasteiger partial charge in [0.2, 0.25) is 0 Å². The van der Waals surface area contributed by atoms with E-state index in [1.54, 1.807) is 48.5 Å². The third kappa shape index (κ3) is 9.44. The number of nitrogens with one attached hydrogen (secondary N) is 1. The molecule has 1 amide bonds. The van der Waals surface area contributed by atoms with E-state index < -0.39 is 0 Å². The van der Waals surface area contributed by atoms with Crippen LogP contribution >= 0.6 is 58.2 Å². The number of carbonyl (C=O) groups excluding carboxylic acids is 1. The van der Waals surface area contributed by atoms with E-state index in [-0.39, 0.29) is 36.0 Å². The molecule has 0 atom stereocenters. The van der Waals surface area contributed by atoms with Gasteiger partial charge in [0, 0.05) is 5.02 Å². The maximum absolute atomic E-state index is 12.2. The lowest BCUT2D eigenvalue weighted by molar-refractivity contribution is -0.118. The van der Waals surface area contributed by atoms with Crippen molar-refractivity contribution in [3.8, 4) is 17.2 Å². The Morgan fingerprint density at radius 1 is 0.902 bits per heavy atom. The molecule has 1 N–H and O–H groups in total. The predicted molar refractivity (Wildman–Crippen MR) is 160 cm³/mol. The van der Waals surface area contributed by atoms with Crippen LogP contribution in [0.1, 0.15) is 23.9 Å². The lowest BCUT2D eigenvalue weighted by Gasteiger charge is -2.13. The molecule has 4 aromatic rings. The standard InChI is InChI=1S/C27H22Cl4N4O5S/c1-2-37-24-10-16(4-7-23(24)38-13-17-3-6-19(29)20(30)9-17)12-32-33-25(36)15-41-27-35-34-26(40-27)14-39-22-8-5-18(28)11-21(22)31/h3-12H,2,13-15H2,1H3,(H,33,36)/b32-12-. The van der Waals surface area contributed by atoms with E-state index in [0.717, 1.165) is 17.3 Å². The van der Waals surface area contributed by atoms with Crippen LogP contribution in [0.15, 0.2) is 69.3 Å². The smallest absolute Gasteiger partial charge is 0.277 e. The van der Waals surface area contributed by atoms with Crippen molar-refractivity contribution in [1.82, 2.24) is 15.6 Å². The Morgan fingerprint density at radius 3 is 2.49 bits per heavy atom. The first-order chi connectivity index (χ1) is 19.8. The Labute approximate surface area is 260 Å². The summed E-state index contributed by atoms with van der Waals surface area (Å²) in [6, 6.07) is 15.5. The van der Waals surface area contributed by atoms with Crippen LogP contribution in [0.25, 0.3) is 0 Å². The number of carbonyl (C=O) groups is 1. The third-order valence-corrected chi connectivity index (χ3v) is 7.16. The Bertz CT molecular complexity index is 1540. The molecule has 14 heteroatoms. The minimum Gasteiger partial charge on any atom is -0.490 e. The minimum atomic E-state index is -0.359. The fourth-order valence-corrected chi connectivity index (χ4v) is 4.56. The molecule has 1 aromatic heterocycles. The van der Waals surface area contributed by atoms with Gasteiger partial charge in [0.15, 0.2) is 18.1 Å². The van der Waals surface area contributed by atoms with Gasteiger partial charge in [0.05, 0.1) is 33.6 Å². The highest BCUT2D eigenvalue weighted by Crippen LogP contribution is 2.30. The van der Waals surface area contributed by atoms with E-state index in [2.05, 4.69) is 20.7 Å². The number of nitrogens with zero attached hydrogens (tertiary/aromatic N) is 3. The number of aromatic nitrogens is 2. The predicted octanol–water partition coefficient (Wildman–Crippen LogP) is 7.48. The molecule has 41 heavy (non-hydrogen) atoms. The highest BCUT2D eigenvalue weighted by molar-refractivity contribution is 7.99. The molecule has 0 fully saturated rings. The van der Waals surface area contributed by atoms with Gasteiger partial charge in [-0.2, -0.15) is 5.10 Å². The molecule has 0 unspecified atom stereocenters. The zero-order valence-electron chi connectivity index (χ0n) is 21.4. The van der Waals surface area contributed by atoms with Crippen LogP contribution in [0.4, 0.5) is 0 Å². The summed E-state index contributed by atoms with van der Waals surface area (Å²) in [5.41, 5.74) is 4.02. The average molecular weight is 656 g/mol. The molecular weight excluding hydrogens is 634 g/mol. The van der Waals surface area contributed by atoms with Crippen LogP contribution < -0.4 is 19.6 Å². The van der Waals surface area contributed by atoms with Gasteiger partial charge in [0.25, 0.3) is 17.0 Å². The molecule has 9 nitrogen and oxygen atoms in total. The lowest BCUT2D eigenvalue weighted by Crippen LogP contribution is -2.19. The normalized spacial score (nSPS) is 11.0. The Kier molecular flexibility index (Phi) is 11.4. The van der Waals surface area contributed by atoms with E-state index in [4.69, 9.17) is 65.0 Å². The summed E-state index contributed by atoms with van der Waals surface area (Å²) >= 11 is 25.1. The van der Waals surface area contributed by atoms with Gasteiger partial charge in [-0.05, 0) is 66.6 Å². The van der Waals surface area contributed by atoms with Crippen LogP contribution in [0, 0.1) is 0 Å². The lowest BCUT2D eigenvalue weighted by atomic mass is 10.2. The van der Waals surface area contributed by atoms with Gasteiger partial charge < -0.3 is 18.6 Å². The second-order valence-corrected chi connectivity index (χ2v) is 10.7. The SMILES string of the molecule is CCOc1cc(/C=N\NC(=O)CSc2nnc(COc3ccc(Cl)cc3Cl)o2)ccc1OCc1ccc(Cl)c(Cl)c1. The topological polar surface area (TPSA) is 108 Å². The van der Waals surface area contributed by atoms with Crippen molar-refractivity contribution in [3.63, 3.8) is 0 Å². The fraction of sp³-hybridized carbons (Fsp3) is 0.185. The van der Waals surface area contributed by atoms with Gasteiger partial charge in [-0.3, -0.25) is 4.79 Å². The summed E-state index contributed by atoms with van der Waals surface area (Å²) in [4.78, 5) is 12.2. The maximum Gasteiger partial charge on any atom is 0.277 e. The van der Waals surface area contributed by atoms with Crippen molar-refractivity contribution in [1.29, 1.82) is 0 Å². The van der Waals surface area contributed by atoms with Gasteiger partial charge in [-0.25, -0.2) is 5.43 Å². The number of hydrazone groups is 1. The molecule has 0 aliphatic rings. The van der Waals surface area contributed by atoms with Crippen molar-refractivity contribution in [2.75, 3.05) is 12.4 Å². The average Bonchev–Trinajstić information content (AvgIpc) is 3.41. The number of thioether (sulfide) groups is 1. The van der Waals surface area contributed by atoms with Crippen LogP contribution in [0.5, 0.6) is 17.2 Å². The molecule has 1 heterocycles. The number of benzene rings is 3. The van der Waals surface area contributed by atoms with Crippen LogP contribution in [-0.2, 0) is 18.0 Å². The van der Waals surface area contributed by atoms with E-state index in [0.29, 0.717) is 49.5 Å². The Balaban J connectivity index is 1.24. The van der Waals surface area contributed by atoms with Crippen molar-refractivity contribution in [2.45, 2.75) is 25.4 Å². The number of hydrogen-bond donors (Lipinski definition) is 1. The molecule has 0 aliphatic carbocycles. The van der Waals surface area contributed by atoms with Crippen molar-refractivity contribution in [2.24, 2.45) is 5.10 Å². The number of rotatable bonds is 13. The first-order valence-corrected chi connectivity index (χ1v) is 14.5.